The Morgan fingerprint density at radius 3 is 1.92 bits per heavy atom. The molecular formula is C24H29OP. The highest BCUT2D eigenvalue weighted by Gasteiger charge is 2.28. The van der Waals surface area contributed by atoms with Crippen molar-refractivity contribution in [2.45, 2.75) is 76.0 Å². The highest BCUT2D eigenvalue weighted by molar-refractivity contribution is 7.34. The molecule has 0 atom stereocenters. The molecule has 2 aliphatic rings. The van der Waals surface area contributed by atoms with Gasteiger partial charge in [-0.3, -0.25) is 4.57 Å². The zero-order chi connectivity index (χ0) is 17.8. The maximum Gasteiger partial charge on any atom is 0.193 e. The summed E-state index contributed by atoms with van der Waals surface area (Å²) in [5.41, 5.74) is 5.34. The monoisotopic (exact) mass is 364 g/mol. The van der Waals surface area contributed by atoms with Crippen LogP contribution in [0.2, 0.25) is 0 Å². The normalized spacial score (nSPS) is 19.7. The molecule has 26 heavy (non-hydrogen) atoms. The lowest BCUT2D eigenvalue weighted by atomic mass is 9.75. The number of hydrogen-bond acceptors (Lipinski definition) is 1. The second kappa shape index (κ2) is 8.49. The Hall–Kier alpha value is -1.46. The van der Waals surface area contributed by atoms with Crippen molar-refractivity contribution < 1.29 is 4.57 Å². The van der Waals surface area contributed by atoms with Crippen LogP contribution in [-0.4, -0.2) is 0 Å². The van der Waals surface area contributed by atoms with Crippen molar-refractivity contribution in [2.75, 3.05) is 0 Å². The van der Waals surface area contributed by atoms with Crippen molar-refractivity contribution >= 4 is 13.8 Å². The molecule has 136 valence electrons. The van der Waals surface area contributed by atoms with Crippen LogP contribution in [0.1, 0.15) is 87.2 Å². The molecule has 0 heterocycles. The van der Waals surface area contributed by atoms with Crippen LogP contribution < -0.4 is 5.30 Å². The molecule has 0 amide bonds. The maximum absolute atomic E-state index is 12.4. The van der Waals surface area contributed by atoms with E-state index in [1.807, 2.05) is 0 Å². The highest BCUT2D eigenvalue weighted by atomic mass is 31.1. The first-order valence-corrected chi connectivity index (χ1v) is 11.3. The first-order chi connectivity index (χ1) is 12.9. The second-order valence-electron chi connectivity index (χ2n) is 8.09. The van der Waals surface area contributed by atoms with Crippen molar-refractivity contribution in [1.82, 2.24) is 0 Å². The molecule has 2 fully saturated rings. The zero-order valence-corrected chi connectivity index (χ0v) is 16.5. The Labute approximate surface area is 159 Å². The lowest BCUT2D eigenvalue weighted by Crippen LogP contribution is -2.20. The van der Waals surface area contributed by atoms with Crippen molar-refractivity contribution in [2.24, 2.45) is 0 Å². The smallest absolute Gasteiger partial charge is 0.193 e. The Kier molecular flexibility index (Phi) is 5.85. The lowest BCUT2D eigenvalue weighted by molar-refractivity contribution is 0.420. The van der Waals surface area contributed by atoms with E-state index in [1.165, 1.54) is 86.5 Å². The molecule has 0 N–H and O–H groups in total. The van der Waals surface area contributed by atoms with Crippen molar-refractivity contribution in [3.63, 3.8) is 0 Å². The topological polar surface area (TPSA) is 17.1 Å². The van der Waals surface area contributed by atoms with Gasteiger partial charge in [-0.15, -0.1) is 0 Å². The summed E-state index contributed by atoms with van der Waals surface area (Å²) in [6.45, 7) is 0. The van der Waals surface area contributed by atoms with E-state index in [1.54, 1.807) is 0 Å². The van der Waals surface area contributed by atoms with E-state index in [0.717, 1.165) is 5.30 Å². The van der Waals surface area contributed by atoms with E-state index in [0.29, 0.717) is 11.8 Å². The number of hydrogen-bond donors (Lipinski definition) is 0. The molecule has 2 aromatic carbocycles. The fourth-order valence-corrected chi connectivity index (χ4v) is 5.87. The SMILES string of the molecule is O=Pc1c(-c2ccccc2)ccc(C2CCCCC2)c1C1CCCCC1. The third-order valence-corrected chi connectivity index (χ3v) is 7.15. The molecule has 0 aromatic heterocycles. The minimum atomic E-state index is 0.188. The van der Waals surface area contributed by atoms with Gasteiger partial charge in [-0.25, -0.2) is 0 Å². The standard InChI is InChI=1S/C24H29OP/c25-26-24-22(19-12-6-2-7-13-19)17-16-21(18-10-4-1-5-11-18)23(24)20-14-8-3-9-15-20/h2,6-7,12-13,16-18,20H,1,3-5,8-11,14-15H2. The van der Waals surface area contributed by atoms with Crippen LogP contribution in [-0.2, 0) is 4.57 Å². The predicted molar refractivity (Wildman–Crippen MR) is 111 cm³/mol. The van der Waals surface area contributed by atoms with Gasteiger partial charge in [0.2, 0.25) is 0 Å². The van der Waals surface area contributed by atoms with Crippen molar-refractivity contribution in [3.05, 3.63) is 53.6 Å². The average Bonchev–Trinajstić information content (AvgIpc) is 2.74. The number of benzene rings is 2. The van der Waals surface area contributed by atoms with E-state index < -0.39 is 0 Å². The van der Waals surface area contributed by atoms with Crippen LogP contribution in [0.3, 0.4) is 0 Å². The maximum atomic E-state index is 12.4. The Bertz CT molecular complexity index is 740. The van der Waals surface area contributed by atoms with E-state index in [4.69, 9.17) is 0 Å². The fourth-order valence-electron chi connectivity index (χ4n) is 5.16. The van der Waals surface area contributed by atoms with Gasteiger partial charge in [0.1, 0.15) is 0 Å². The lowest BCUT2D eigenvalue weighted by Gasteiger charge is -2.31. The van der Waals surface area contributed by atoms with Gasteiger partial charge < -0.3 is 0 Å². The molecular weight excluding hydrogens is 335 g/mol. The predicted octanol–water partition coefficient (Wildman–Crippen LogP) is 7.37. The molecule has 4 rings (SSSR count). The first kappa shape index (κ1) is 17.9. The van der Waals surface area contributed by atoms with Crippen LogP contribution in [0.4, 0.5) is 0 Å². The average molecular weight is 364 g/mol. The first-order valence-electron chi connectivity index (χ1n) is 10.4. The van der Waals surface area contributed by atoms with Crippen molar-refractivity contribution in [3.8, 4) is 11.1 Å². The Balaban J connectivity index is 1.85. The Morgan fingerprint density at radius 1 is 0.692 bits per heavy atom. The van der Waals surface area contributed by atoms with Gasteiger partial charge in [0.15, 0.2) is 8.46 Å². The van der Waals surface area contributed by atoms with Gasteiger partial charge in [0.25, 0.3) is 0 Å². The largest absolute Gasteiger partial charge is 0.269 e. The van der Waals surface area contributed by atoms with Crippen LogP contribution >= 0.6 is 8.46 Å². The van der Waals surface area contributed by atoms with Gasteiger partial charge in [-0.2, -0.15) is 0 Å². The molecule has 2 heteroatoms. The summed E-state index contributed by atoms with van der Waals surface area (Å²) in [6, 6.07) is 15.1. The molecule has 0 aliphatic heterocycles. The molecule has 0 bridgehead atoms. The molecule has 2 saturated carbocycles. The highest BCUT2D eigenvalue weighted by Crippen LogP contribution is 2.42. The summed E-state index contributed by atoms with van der Waals surface area (Å²) in [4.78, 5) is 0. The van der Waals surface area contributed by atoms with Crippen LogP contribution in [0.15, 0.2) is 42.5 Å². The molecule has 2 aliphatic carbocycles. The van der Waals surface area contributed by atoms with Crippen LogP contribution in [0.25, 0.3) is 11.1 Å². The zero-order valence-electron chi connectivity index (χ0n) is 15.6. The number of rotatable bonds is 4. The second-order valence-corrected chi connectivity index (χ2v) is 8.72. The summed E-state index contributed by atoms with van der Waals surface area (Å²) in [5.74, 6) is 1.27. The Morgan fingerprint density at radius 2 is 1.31 bits per heavy atom. The van der Waals surface area contributed by atoms with Crippen LogP contribution in [0.5, 0.6) is 0 Å². The van der Waals surface area contributed by atoms with Gasteiger partial charge in [-0.05, 0) is 59.8 Å². The van der Waals surface area contributed by atoms with Gasteiger partial charge in [-0.1, -0.05) is 81.0 Å². The van der Waals surface area contributed by atoms with Gasteiger partial charge in [0, 0.05) is 0 Å². The van der Waals surface area contributed by atoms with Gasteiger partial charge >= 0.3 is 0 Å². The summed E-state index contributed by atoms with van der Waals surface area (Å²) in [5, 5.41) is 1.08. The summed E-state index contributed by atoms with van der Waals surface area (Å²) < 4.78 is 12.4. The van der Waals surface area contributed by atoms with Gasteiger partial charge in [0.05, 0.1) is 5.30 Å². The van der Waals surface area contributed by atoms with E-state index in [2.05, 4.69) is 42.5 Å². The summed E-state index contributed by atoms with van der Waals surface area (Å²) in [7, 11) is 0.188. The molecule has 1 nitrogen and oxygen atoms in total. The molecule has 0 saturated heterocycles. The third-order valence-electron chi connectivity index (χ3n) is 6.49. The third kappa shape index (κ3) is 3.65. The fraction of sp³-hybridized carbons (Fsp3) is 0.500. The molecule has 0 unspecified atom stereocenters. The van der Waals surface area contributed by atoms with E-state index in [-0.39, 0.29) is 8.46 Å². The van der Waals surface area contributed by atoms with Crippen molar-refractivity contribution in [1.29, 1.82) is 0 Å². The van der Waals surface area contributed by atoms with E-state index >= 15 is 0 Å². The minimum absolute atomic E-state index is 0.188. The summed E-state index contributed by atoms with van der Waals surface area (Å²) >= 11 is 0. The molecule has 0 spiro atoms. The minimum Gasteiger partial charge on any atom is -0.269 e. The molecule has 2 aromatic rings. The van der Waals surface area contributed by atoms with Crippen LogP contribution in [0, 0.1) is 0 Å². The quantitative estimate of drug-likeness (QED) is 0.518. The molecule has 0 radical (unpaired) electrons. The summed E-state index contributed by atoms with van der Waals surface area (Å²) in [6.07, 6.45) is 13.2. The van der Waals surface area contributed by atoms with E-state index in [9.17, 15) is 4.57 Å².